The second kappa shape index (κ2) is 10.2. The van der Waals surface area contributed by atoms with Crippen LogP contribution in [0.2, 0.25) is 5.02 Å². The zero-order chi connectivity index (χ0) is 26.1. The molecule has 0 saturated carbocycles. The minimum atomic E-state index is -3.69. The molecule has 0 spiro atoms. The van der Waals surface area contributed by atoms with E-state index in [0.717, 1.165) is 36.2 Å². The zero-order valence-electron chi connectivity index (χ0n) is 21.0. The Bertz CT molecular complexity index is 1390. The van der Waals surface area contributed by atoms with Gasteiger partial charge in [-0.15, -0.1) is 0 Å². The lowest BCUT2D eigenvalue weighted by Crippen LogP contribution is -2.31. The third-order valence-electron chi connectivity index (χ3n) is 6.92. The average Bonchev–Trinajstić information content (AvgIpc) is 2.85. The number of benzene rings is 3. The van der Waals surface area contributed by atoms with Gasteiger partial charge < -0.3 is 16.0 Å². The molecule has 0 fully saturated rings. The number of carbonyl (C=O) groups is 1. The van der Waals surface area contributed by atoms with E-state index >= 15 is 0 Å². The summed E-state index contributed by atoms with van der Waals surface area (Å²) in [7, 11) is -3.69. The fourth-order valence-electron chi connectivity index (χ4n) is 4.47. The molecule has 0 aliphatic carbocycles. The summed E-state index contributed by atoms with van der Waals surface area (Å²) in [5.41, 5.74) is 5.44. The van der Waals surface area contributed by atoms with Gasteiger partial charge in [-0.05, 0) is 92.7 Å². The molecule has 2 amide bonds. The SMILES string of the molecule is Cc1cccc([C@H](C)NC(=O)Nc2ccc(S(=O)(=O)C(C)(C)c3ccc4c(c3)CCNC4)cc2)c1Cl. The molecule has 8 heteroatoms. The molecule has 1 atom stereocenters. The topological polar surface area (TPSA) is 87.3 Å². The molecule has 3 aromatic carbocycles. The second-order valence-corrected chi connectivity index (χ2v) is 12.6. The van der Waals surface area contributed by atoms with Gasteiger partial charge in [0.25, 0.3) is 0 Å². The van der Waals surface area contributed by atoms with Gasteiger partial charge in [0.1, 0.15) is 0 Å². The number of nitrogens with one attached hydrogen (secondary N) is 3. The predicted molar refractivity (Wildman–Crippen MR) is 145 cm³/mol. The first-order valence-electron chi connectivity index (χ1n) is 12.0. The van der Waals surface area contributed by atoms with Crippen LogP contribution in [0.3, 0.4) is 0 Å². The van der Waals surface area contributed by atoms with Crippen molar-refractivity contribution in [2.24, 2.45) is 0 Å². The molecule has 0 aromatic heterocycles. The average molecular weight is 526 g/mol. The van der Waals surface area contributed by atoms with E-state index in [0.29, 0.717) is 10.7 Å². The van der Waals surface area contributed by atoms with Gasteiger partial charge >= 0.3 is 6.03 Å². The lowest BCUT2D eigenvalue weighted by atomic mass is 9.93. The van der Waals surface area contributed by atoms with Crippen molar-refractivity contribution in [1.82, 2.24) is 10.6 Å². The summed E-state index contributed by atoms with van der Waals surface area (Å²) < 4.78 is 26.1. The number of anilines is 1. The van der Waals surface area contributed by atoms with E-state index in [1.165, 1.54) is 23.3 Å². The number of carbonyl (C=O) groups excluding carboxylic acids is 1. The van der Waals surface area contributed by atoms with E-state index in [4.69, 9.17) is 11.6 Å². The van der Waals surface area contributed by atoms with Crippen LogP contribution in [0, 0.1) is 6.92 Å². The second-order valence-electron chi connectivity index (χ2n) is 9.75. The van der Waals surface area contributed by atoms with Crippen LogP contribution in [0.4, 0.5) is 10.5 Å². The number of halogens is 1. The summed E-state index contributed by atoms with van der Waals surface area (Å²) in [6.07, 6.45) is 0.885. The van der Waals surface area contributed by atoms with Gasteiger partial charge in [-0.3, -0.25) is 0 Å². The monoisotopic (exact) mass is 525 g/mol. The Morgan fingerprint density at radius 1 is 1.06 bits per heavy atom. The van der Waals surface area contributed by atoms with E-state index < -0.39 is 20.6 Å². The number of hydrogen-bond donors (Lipinski definition) is 3. The van der Waals surface area contributed by atoms with Gasteiger partial charge in [0.2, 0.25) is 0 Å². The van der Waals surface area contributed by atoms with E-state index in [1.54, 1.807) is 26.0 Å². The minimum absolute atomic E-state index is 0.206. The Hall–Kier alpha value is -2.87. The lowest BCUT2D eigenvalue weighted by Gasteiger charge is -2.28. The molecule has 0 bridgehead atoms. The number of sulfone groups is 1. The smallest absolute Gasteiger partial charge is 0.319 e. The Balaban J connectivity index is 1.47. The largest absolute Gasteiger partial charge is 0.331 e. The van der Waals surface area contributed by atoms with Crippen molar-refractivity contribution in [3.63, 3.8) is 0 Å². The fourth-order valence-corrected chi connectivity index (χ4v) is 6.28. The van der Waals surface area contributed by atoms with Crippen LogP contribution in [0.15, 0.2) is 65.6 Å². The summed E-state index contributed by atoms with van der Waals surface area (Å²) >= 11 is 6.38. The van der Waals surface area contributed by atoms with Gasteiger partial charge in [0.15, 0.2) is 9.84 Å². The van der Waals surface area contributed by atoms with Crippen molar-refractivity contribution in [2.75, 3.05) is 11.9 Å². The minimum Gasteiger partial charge on any atom is -0.331 e. The van der Waals surface area contributed by atoms with Crippen molar-refractivity contribution in [3.05, 3.63) is 93.5 Å². The van der Waals surface area contributed by atoms with Crippen molar-refractivity contribution in [3.8, 4) is 0 Å². The first-order valence-corrected chi connectivity index (χ1v) is 13.9. The van der Waals surface area contributed by atoms with Crippen molar-refractivity contribution in [2.45, 2.75) is 56.3 Å². The Morgan fingerprint density at radius 3 is 2.50 bits per heavy atom. The molecule has 1 heterocycles. The van der Waals surface area contributed by atoms with E-state index in [1.807, 2.05) is 50.2 Å². The van der Waals surface area contributed by atoms with Gasteiger partial charge in [0.05, 0.1) is 15.7 Å². The molecule has 1 aliphatic heterocycles. The van der Waals surface area contributed by atoms with Crippen LogP contribution in [0.1, 0.15) is 54.6 Å². The molecule has 0 saturated heterocycles. The van der Waals surface area contributed by atoms with Crippen LogP contribution in [0.5, 0.6) is 0 Å². The van der Waals surface area contributed by atoms with Gasteiger partial charge in [-0.2, -0.15) is 0 Å². The molecule has 0 radical (unpaired) electrons. The lowest BCUT2D eigenvalue weighted by molar-refractivity contribution is 0.249. The highest BCUT2D eigenvalue weighted by atomic mass is 35.5. The van der Waals surface area contributed by atoms with Gasteiger partial charge in [-0.1, -0.05) is 48.0 Å². The highest BCUT2D eigenvalue weighted by Gasteiger charge is 2.38. The highest BCUT2D eigenvalue weighted by Crippen LogP contribution is 2.36. The van der Waals surface area contributed by atoms with Crippen LogP contribution in [0.25, 0.3) is 0 Å². The number of amides is 2. The van der Waals surface area contributed by atoms with Crippen molar-refractivity contribution < 1.29 is 13.2 Å². The Morgan fingerprint density at radius 2 is 1.78 bits per heavy atom. The summed E-state index contributed by atoms with van der Waals surface area (Å²) in [6, 6.07) is 17.2. The standard InChI is InChI=1S/C28H32ClN3O3S/c1-18-6-5-7-25(26(18)29)19(2)31-27(33)32-23-10-12-24(13-11-23)36(34,35)28(3,4)22-9-8-21-17-30-15-14-20(21)16-22/h5-13,16,19,30H,14-15,17H2,1-4H3,(H2,31,32,33)/t19-/m0/s1. The molecule has 190 valence electrons. The Labute approximate surface area is 218 Å². The maximum absolute atomic E-state index is 13.6. The molecular formula is C28H32ClN3O3S. The highest BCUT2D eigenvalue weighted by molar-refractivity contribution is 7.92. The number of fused-ring (bicyclic) bond motifs is 1. The maximum atomic E-state index is 13.6. The van der Waals surface area contributed by atoms with Crippen molar-refractivity contribution in [1.29, 1.82) is 0 Å². The van der Waals surface area contributed by atoms with Crippen LogP contribution < -0.4 is 16.0 Å². The summed E-state index contributed by atoms with van der Waals surface area (Å²) in [5, 5.41) is 9.60. The summed E-state index contributed by atoms with van der Waals surface area (Å²) in [6.45, 7) is 8.95. The van der Waals surface area contributed by atoms with Crippen LogP contribution in [-0.2, 0) is 27.5 Å². The molecule has 1 aliphatic rings. The van der Waals surface area contributed by atoms with E-state index in [-0.39, 0.29) is 10.9 Å². The molecule has 0 unspecified atom stereocenters. The Kier molecular flexibility index (Phi) is 7.46. The quantitative estimate of drug-likeness (QED) is 0.374. The summed E-state index contributed by atoms with van der Waals surface area (Å²) in [5.74, 6) is 0. The van der Waals surface area contributed by atoms with Gasteiger partial charge in [-0.25, -0.2) is 13.2 Å². The molecular weight excluding hydrogens is 494 g/mol. The van der Waals surface area contributed by atoms with Crippen LogP contribution >= 0.6 is 11.6 Å². The van der Waals surface area contributed by atoms with Crippen LogP contribution in [-0.4, -0.2) is 21.0 Å². The number of rotatable bonds is 6. The third kappa shape index (κ3) is 5.14. The third-order valence-corrected chi connectivity index (χ3v) is 9.91. The number of urea groups is 1. The first kappa shape index (κ1) is 26.2. The van der Waals surface area contributed by atoms with Crippen molar-refractivity contribution >= 4 is 33.2 Å². The molecule has 6 nitrogen and oxygen atoms in total. The normalized spacial score (nSPS) is 14.6. The van der Waals surface area contributed by atoms with E-state index in [2.05, 4.69) is 16.0 Å². The predicted octanol–water partition coefficient (Wildman–Crippen LogP) is 5.89. The van der Waals surface area contributed by atoms with Gasteiger partial charge in [0, 0.05) is 17.3 Å². The maximum Gasteiger partial charge on any atom is 0.319 e. The molecule has 3 aromatic rings. The summed E-state index contributed by atoms with van der Waals surface area (Å²) in [4.78, 5) is 12.8. The number of aryl methyl sites for hydroxylation is 1. The zero-order valence-corrected chi connectivity index (χ0v) is 22.6. The van der Waals surface area contributed by atoms with E-state index in [9.17, 15) is 13.2 Å². The first-order chi connectivity index (χ1) is 17.0. The number of hydrogen-bond acceptors (Lipinski definition) is 4. The molecule has 36 heavy (non-hydrogen) atoms. The molecule has 3 N–H and O–H groups in total. The fraction of sp³-hybridized carbons (Fsp3) is 0.321. The molecule has 4 rings (SSSR count).